The molecule has 0 radical (unpaired) electrons. The molecule has 1 aromatic heterocycles. The first-order valence-corrected chi connectivity index (χ1v) is 11.1. The number of aryl methyl sites for hydroxylation is 2. The first-order valence-electron chi connectivity index (χ1n) is 9.50. The third-order valence-corrected chi connectivity index (χ3v) is 5.97. The molecule has 2 aromatic carbocycles. The van der Waals surface area contributed by atoms with Gasteiger partial charge in [0.15, 0.2) is 0 Å². The Morgan fingerprint density at radius 3 is 2.67 bits per heavy atom. The molecule has 1 atom stereocenters. The second-order valence-electron chi connectivity index (χ2n) is 7.23. The van der Waals surface area contributed by atoms with Gasteiger partial charge in [-0.15, -0.1) is 5.10 Å². The summed E-state index contributed by atoms with van der Waals surface area (Å²) in [5.74, 6) is 0.383. The highest BCUT2D eigenvalue weighted by molar-refractivity contribution is 7.98. The summed E-state index contributed by atoms with van der Waals surface area (Å²) in [5, 5.41) is 12.1. The minimum Gasteiger partial charge on any atom is -0.328 e. The summed E-state index contributed by atoms with van der Waals surface area (Å²) in [6, 6.07) is 13.0. The van der Waals surface area contributed by atoms with Gasteiger partial charge < -0.3 is 10.6 Å². The quantitative estimate of drug-likeness (QED) is 0.547. The van der Waals surface area contributed by atoms with E-state index in [-0.39, 0.29) is 5.91 Å². The number of allylic oxidation sites excluding steroid dienone is 1. The van der Waals surface area contributed by atoms with Gasteiger partial charge in [0.05, 0.1) is 5.57 Å². The number of anilines is 2. The third-order valence-electron chi connectivity index (χ3n) is 5.09. The van der Waals surface area contributed by atoms with E-state index in [9.17, 15) is 4.79 Å². The van der Waals surface area contributed by atoms with Crippen LogP contribution < -0.4 is 10.6 Å². The number of nitrogens with zero attached hydrogens (tertiary/aromatic N) is 3. The van der Waals surface area contributed by atoms with E-state index in [4.69, 9.17) is 11.6 Å². The lowest BCUT2D eigenvalue weighted by atomic mass is 9.95. The van der Waals surface area contributed by atoms with Gasteiger partial charge in [-0.2, -0.15) is 4.98 Å². The molecule has 8 heteroatoms. The Morgan fingerprint density at radius 1 is 1.20 bits per heavy atom. The predicted molar refractivity (Wildman–Crippen MR) is 122 cm³/mol. The van der Waals surface area contributed by atoms with Gasteiger partial charge in [-0.05, 0) is 44.7 Å². The number of benzene rings is 2. The van der Waals surface area contributed by atoms with Crippen molar-refractivity contribution in [2.75, 3.05) is 16.9 Å². The standard InChI is InChI=1S/C22H22ClN5OS/c1-12-9-10-17(13(2)11-12)25-20(29)18-14(3)24-21-26-22(30-4)27-28(21)19(18)15-7-5-6-8-16(15)23/h5-11,19H,1-4H3,(H,25,29)(H,24,26,27). The van der Waals surface area contributed by atoms with Gasteiger partial charge >= 0.3 is 0 Å². The minimum absolute atomic E-state index is 0.205. The molecule has 4 rings (SSSR count). The Labute approximate surface area is 184 Å². The first-order chi connectivity index (χ1) is 14.4. The second kappa shape index (κ2) is 8.16. The predicted octanol–water partition coefficient (Wildman–Crippen LogP) is 5.20. The number of thioether (sulfide) groups is 1. The summed E-state index contributed by atoms with van der Waals surface area (Å²) in [7, 11) is 0. The zero-order valence-electron chi connectivity index (χ0n) is 17.2. The molecular formula is C22H22ClN5OS. The molecule has 0 fully saturated rings. The molecule has 154 valence electrons. The summed E-state index contributed by atoms with van der Waals surface area (Å²) in [6.45, 7) is 5.88. The van der Waals surface area contributed by atoms with E-state index in [1.807, 2.05) is 69.5 Å². The number of hydrogen-bond acceptors (Lipinski definition) is 5. The molecule has 0 bridgehead atoms. The van der Waals surface area contributed by atoms with Crippen LogP contribution in [0.2, 0.25) is 5.02 Å². The molecule has 1 unspecified atom stereocenters. The highest BCUT2D eigenvalue weighted by atomic mass is 35.5. The number of hydrogen-bond donors (Lipinski definition) is 2. The monoisotopic (exact) mass is 439 g/mol. The van der Waals surface area contributed by atoms with Crippen LogP contribution in [0.4, 0.5) is 11.6 Å². The van der Waals surface area contributed by atoms with E-state index < -0.39 is 6.04 Å². The number of carbonyl (C=O) groups excluding carboxylic acids is 1. The highest BCUT2D eigenvalue weighted by Gasteiger charge is 2.35. The van der Waals surface area contributed by atoms with E-state index in [1.54, 1.807) is 4.68 Å². The number of aromatic nitrogens is 3. The third kappa shape index (κ3) is 3.70. The van der Waals surface area contributed by atoms with Crippen molar-refractivity contribution in [3.8, 4) is 0 Å². The van der Waals surface area contributed by atoms with Crippen molar-refractivity contribution in [1.29, 1.82) is 0 Å². The van der Waals surface area contributed by atoms with Crippen LogP contribution in [0, 0.1) is 13.8 Å². The molecule has 1 aliphatic heterocycles. The van der Waals surface area contributed by atoms with Crippen LogP contribution in [0.15, 0.2) is 58.9 Å². The van der Waals surface area contributed by atoms with Gasteiger partial charge in [-0.25, -0.2) is 4.68 Å². The van der Waals surface area contributed by atoms with E-state index in [0.717, 1.165) is 28.1 Å². The Morgan fingerprint density at radius 2 is 1.97 bits per heavy atom. The van der Waals surface area contributed by atoms with Crippen molar-refractivity contribution >= 4 is 40.9 Å². The number of amides is 1. The summed E-state index contributed by atoms with van der Waals surface area (Å²) in [4.78, 5) is 18.0. The van der Waals surface area contributed by atoms with Crippen molar-refractivity contribution < 1.29 is 4.79 Å². The first kappa shape index (κ1) is 20.5. The smallest absolute Gasteiger partial charge is 0.255 e. The maximum Gasteiger partial charge on any atom is 0.255 e. The van der Waals surface area contributed by atoms with Crippen LogP contribution in [0.3, 0.4) is 0 Å². The lowest BCUT2D eigenvalue weighted by molar-refractivity contribution is -0.113. The normalized spacial score (nSPS) is 15.6. The molecule has 0 aliphatic carbocycles. The molecule has 1 aliphatic rings. The van der Waals surface area contributed by atoms with Crippen molar-refractivity contribution in [2.45, 2.75) is 32.0 Å². The molecular weight excluding hydrogens is 418 g/mol. The fourth-order valence-electron chi connectivity index (χ4n) is 3.64. The number of carbonyl (C=O) groups is 1. The van der Waals surface area contributed by atoms with Crippen LogP contribution in [0.25, 0.3) is 0 Å². The Balaban J connectivity index is 1.81. The summed E-state index contributed by atoms with van der Waals surface area (Å²) < 4.78 is 1.73. The molecule has 0 saturated carbocycles. The van der Waals surface area contributed by atoms with Crippen molar-refractivity contribution in [2.24, 2.45) is 0 Å². The van der Waals surface area contributed by atoms with Crippen LogP contribution in [0.5, 0.6) is 0 Å². The van der Waals surface area contributed by atoms with Gasteiger partial charge in [0, 0.05) is 22.0 Å². The number of fused-ring (bicyclic) bond motifs is 1. The maximum absolute atomic E-state index is 13.5. The second-order valence-corrected chi connectivity index (χ2v) is 8.41. The SMILES string of the molecule is CSc1nc2n(n1)C(c1ccccc1Cl)C(C(=O)Nc1ccc(C)cc1C)=C(C)N2. The molecule has 0 saturated heterocycles. The minimum atomic E-state index is -0.492. The number of nitrogens with one attached hydrogen (secondary N) is 2. The Kier molecular flexibility index (Phi) is 5.58. The topological polar surface area (TPSA) is 71.8 Å². The molecule has 2 heterocycles. The highest BCUT2D eigenvalue weighted by Crippen LogP contribution is 2.39. The fraction of sp³-hybridized carbons (Fsp3) is 0.227. The van der Waals surface area contributed by atoms with Gasteiger partial charge in [-0.1, -0.05) is 59.3 Å². The zero-order chi connectivity index (χ0) is 21.4. The lowest BCUT2D eigenvalue weighted by Crippen LogP contribution is -2.31. The summed E-state index contributed by atoms with van der Waals surface area (Å²) in [6.07, 6.45) is 1.92. The van der Waals surface area contributed by atoms with Crippen molar-refractivity contribution in [3.63, 3.8) is 0 Å². The van der Waals surface area contributed by atoms with Gasteiger partial charge in [0.25, 0.3) is 5.91 Å². The van der Waals surface area contributed by atoms with Gasteiger partial charge in [-0.3, -0.25) is 4.79 Å². The lowest BCUT2D eigenvalue weighted by Gasteiger charge is -2.29. The summed E-state index contributed by atoms with van der Waals surface area (Å²) >= 11 is 7.99. The van der Waals surface area contributed by atoms with E-state index in [2.05, 4.69) is 20.7 Å². The van der Waals surface area contributed by atoms with Crippen LogP contribution >= 0.6 is 23.4 Å². The molecule has 6 nitrogen and oxygen atoms in total. The number of rotatable bonds is 4. The molecule has 1 amide bonds. The van der Waals surface area contributed by atoms with Gasteiger partial charge in [0.1, 0.15) is 6.04 Å². The van der Waals surface area contributed by atoms with E-state index in [1.165, 1.54) is 11.8 Å². The van der Waals surface area contributed by atoms with Gasteiger partial charge in [0.2, 0.25) is 11.1 Å². The van der Waals surface area contributed by atoms with Crippen LogP contribution in [-0.2, 0) is 4.79 Å². The maximum atomic E-state index is 13.5. The fourth-order valence-corrected chi connectivity index (χ4v) is 4.23. The molecule has 30 heavy (non-hydrogen) atoms. The largest absolute Gasteiger partial charge is 0.328 e. The average molecular weight is 440 g/mol. The van der Waals surface area contributed by atoms with E-state index in [0.29, 0.717) is 21.7 Å². The summed E-state index contributed by atoms with van der Waals surface area (Å²) in [5.41, 5.74) is 4.99. The zero-order valence-corrected chi connectivity index (χ0v) is 18.7. The van der Waals surface area contributed by atoms with Crippen molar-refractivity contribution in [1.82, 2.24) is 14.8 Å². The van der Waals surface area contributed by atoms with E-state index >= 15 is 0 Å². The van der Waals surface area contributed by atoms with Crippen LogP contribution in [0.1, 0.15) is 29.7 Å². The van der Waals surface area contributed by atoms with Crippen LogP contribution in [-0.4, -0.2) is 26.9 Å². The number of halogens is 1. The van der Waals surface area contributed by atoms with Crippen molar-refractivity contribution in [3.05, 3.63) is 75.4 Å². The molecule has 0 spiro atoms. The Hall–Kier alpha value is -2.77. The average Bonchev–Trinajstić information content (AvgIpc) is 3.12. The Bertz CT molecular complexity index is 1170. The molecule has 2 N–H and O–H groups in total. The molecule has 3 aromatic rings.